The van der Waals surface area contributed by atoms with Gasteiger partial charge in [0.1, 0.15) is 17.2 Å². The summed E-state index contributed by atoms with van der Waals surface area (Å²) in [5, 5.41) is 3.88. The van der Waals surface area contributed by atoms with Crippen molar-refractivity contribution in [1.29, 1.82) is 0 Å². The molecule has 112 valence electrons. The van der Waals surface area contributed by atoms with E-state index in [0.717, 1.165) is 15.9 Å². The normalized spacial score (nSPS) is 12.0. The van der Waals surface area contributed by atoms with E-state index >= 15 is 0 Å². The summed E-state index contributed by atoms with van der Waals surface area (Å²) in [7, 11) is 1.72. The summed E-state index contributed by atoms with van der Waals surface area (Å²) < 4.78 is 11.6. The molecule has 1 heterocycles. The lowest BCUT2D eigenvalue weighted by Crippen LogP contribution is -2.37. The minimum absolute atomic E-state index is 0.112. The van der Waals surface area contributed by atoms with Crippen molar-refractivity contribution in [2.75, 3.05) is 7.05 Å². The molecule has 1 aromatic carbocycles. The lowest BCUT2D eigenvalue weighted by atomic mass is 10.3. The van der Waals surface area contributed by atoms with Crippen LogP contribution in [0.2, 0.25) is 0 Å². The standard InChI is InChI=1S/C15H17BrN2O3/c1-10-8-13(17-21-10)9-18(3)15(19)11(2)20-14-6-4-12(16)5-7-14/h4-8,11H,9H2,1-3H3. The molecule has 0 aliphatic heterocycles. The van der Waals surface area contributed by atoms with Gasteiger partial charge in [0.2, 0.25) is 0 Å². The van der Waals surface area contributed by atoms with Crippen molar-refractivity contribution >= 4 is 21.8 Å². The van der Waals surface area contributed by atoms with E-state index < -0.39 is 6.10 Å². The van der Waals surface area contributed by atoms with Crippen LogP contribution in [0, 0.1) is 6.92 Å². The third-order valence-corrected chi connectivity index (χ3v) is 3.46. The van der Waals surface area contributed by atoms with Gasteiger partial charge >= 0.3 is 0 Å². The Kier molecular flexibility index (Phi) is 5.01. The number of likely N-dealkylation sites (N-methyl/N-ethyl adjacent to an activating group) is 1. The summed E-state index contributed by atoms with van der Waals surface area (Å²) >= 11 is 3.36. The number of hydrogen-bond acceptors (Lipinski definition) is 4. The predicted octanol–water partition coefficient (Wildman–Crippen LogP) is 3.17. The minimum Gasteiger partial charge on any atom is -0.481 e. The van der Waals surface area contributed by atoms with Crippen LogP contribution in [0.5, 0.6) is 5.75 Å². The largest absolute Gasteiger partial charge is 0.481 e. The maximum atomic E-state index is 12.3. The molecule has 6 heteroatoms. The molecule has 2 rings (SSSR count). The molecule has 5 nitrogen and oxygen atoms in total. The van der Waals surface area contributed by atoms with Crippen LogP contribution in [0.3, 0.4) is 0 Å². The number of carbonyl (C=O) groups excluding carboxylic acids is 1. The molecule has 0 fully saturated rings. The lowest BCUT2D eigenvalue weighted by molar-refractivity contribution is -0.137. The predicted molar refractivity (Wildman–Crippen MR) is 81.9 cm³/mol. The number of ether oxygens (including phenoxy) is 1. The number of aryl methyl sites for hydroxylation is 1. The average molecular weight is 353 g/mol. The maximum Gasteiger partial charge on any atom is 0.263 e. The van der Waals surface area contributed by atoms with Gasteiger partial charge in [-0.25, -0.2) is 0 Å². The molecule has 0 aliphatic carbocycles. The molecule has 1 unspecified atom stereocenters. The topological polar surface area (TPSA) is 55.6 Å². The average Bonchev–Trinajstić information content (AvgIpc) is 2.85. The van der Waals surface area contributed by atoms with Gasteiger partial charge in [-0.15, -0.1) is 0 Å². The summed E-state index contributed by atoms with van der Waals surface area (Å²) in [6, 6.07) is 9.18. The van der Waals surface area contributed by atoms with Gasteiger partial charge in [-0.3, -0.25) is 4.79 Å². The van der Waals surface area contributed by atoms with E-state index in [1.807, 2.05) is 37.3 Å². The van der Waals surface area contributed by atoms with Gasteiger partial charge in [0.05, 0.1) is 6.54 Å². The molecule has 1 amide bonds. The van der Waals surface area contributed by atoms with Crippen molar-refractivity contribution in [3.63, 3.8) is 0 Å². The fourth-order valence-corrected chi connectivity index (χ4v) is 2.16. The Bertz CT molecular complexity index is 610. The number of halogens is 1. The highest BCUT2D eigenvalue weighted by molar-refractivity contribution is 9.10. The van der Waals surface area contributed by atoms with Crippen molar-refractivity contribution in [2.45, 2.75) is 26.5 Å². The zero-order chi connectivity index (χ0) is 15.4. The Labute approximate surface area is 132 Å². The molecule has 1 atom stereocenters. The second kappa shape index (κ2) is 6.76. The van der Waals surface area contributed by atoms with Gasteiger partial charge in [0.15, 0.2) is 6.10 Å². The summed E-state index contributed by atoms with van der Waals surface area (Å²) in [6.45, 7) is 3.94. The summed E-state index contributed by atoms with van der Waals surface area (Å²) in [5.74, 6) is 1.27. The zero-order valence-corrected chi connectivity index (χ0v) is 13.8. The summed E-state index contributed by atoms with van der Waals surface area (Å²) in [6.07, 6.45) is -0.566. The van der Waals surface area contributed by atoms with E-state index in [4.69, 9.17) is 9.26 Å². The Morgan fingerprint density at radius 1 is 1.43 bits per heavy atom. The molecule has 0 radical (unpaired) electrons. The van der Waals surface area contributed by atoms with E-state index in [-0.39, 0.29) is 5.91 Å². The number of rotatable bonds is 5. The number of hydrogen-bond donors (Lipinski definition) is 0. The minimum atomic E-state index is -0.566. The van der Waals surface area contributed by atoms with Crippen molar-refractivity contribution in [2.24, 2.45) is 0 Å². The highest BCUT2D eigenvalue weighted by atomic mass is 79.9. The first-order chi connectivity index (χ1) is 9.95. The SMILES string of the molecule is Cc1cc(CN(C)C(=O)C(C)Oc2ccc(Br)cc2)no1. The molecule has 0 N–H and O–H groups in total. The smallest absolute Gasteiger partial charge is 0.263 e. The van der Waals surface area contributed by atoms with Crippen LogP contribution in [-0.4, -0.2) is 29.1 Å². The van der Waals surface area contributed by atoms with E-state index in [1.54, 1.807) is 18.9 Å². The quantitative estimate of drug-likeness (QED) is 0.829. The maximum absolute atomic E-state index is 12.3. The Balaban J connectivity index is 1.93. The Morgan fingerprint density at radius 3 is 2.67 bits per heavy atom. The summed E-state index contributed by atoms with van der Waals surface area (Å²) in [5.41, 5.74) is 0.721. The number of nitrogens with zero attached hydrogens (tertiary/aromatic N) is 2. The fourth-order valence-electron chi connectivity index (χ4n) is 1.89. The first-order valence-electron chi connectivity index (χ1n) is 6.55. The third kappa shape index (κ3) is 4.32. The Morgan fingerprint density at radius 2 is 2.10 bits per heavy atom. The van der Waals surface area contributed by atoms with Gasteiger partial charge in [-0.2, -0.15) is 0 Å². The highest BCUT2D eigenvalue weighted by Crippen LogP contribution is 2.18. The van der Waals surface area contributed by atoms with Crippen LogP contribution in [0.4, 0.5) is 0 Å². The second-order valence-corrected chi connectivity index (χ2v) is 5.75. The van der Waals surface area contributed by atoms with Crippen LogP contribution < -0.4 is 4.74 Å². The van der Waals surface area contributed by atoms with Gasteiger partial charge < -0.3 is 14.2 Å². The molecule has 0 saturated carbocycles. The van der Waals surface area contributed by atoms with E-state index in [2.05, 4.69) is 21.1 Å². The third-order valence-electron chi connectivity index (χ3n) is 2.93. The summed E-state index contributed by atoms with van der Waals surface area (Å²) in [4.78, 5) is 13.8. The number of aromatic nitrogens is 1. The van der Waals surface area contributed by atoms with Crippen LogP contribution in [-0.2, 0) is 11.3 Å². The molecule has 21 heavy (non-hydrogen) atoms. The lowest BCUT2D eigenvalue weighted by Gasteiger charge is -2.21. The van der Waals surface area contributed by atoms with Gasteiger partial charge in [-0.1, -0.05) is 21.1 Å². The van der Waals surface area contributed by atoms with Crippen molar-refractivity contribution < 1.29 is 14.1 Å². The first kappa shape index (κ1) is 15.6. The van der Waals surface area contributed by atoms with Crippen LogP contribution in [0.25, 0.3) is 0 Å². The molecule has 2 aromatic rings. The van der Waals surface area contributed by atoms with Crippen LogP contribution in [0.1, 0.15) is 18.4 Å². The molecular weight excluding hydrogens is 336 g/mol. The van der Waals surface area contributed by atoms with Crippen LogP contribution in [0.15, 0.2) is 39.3 Å². The van der Waals surface area contributed by atoms with Crippen molar-refractivity contribution in [3.8, 4) is 5.75 Å². The number of carbonyl (C=O) groups is 1. The molecule has 0 aliphatic rings. The van der Waals surface area contributed by atoms with Gasteiger partial charge in [0, 0.05) is 17.6 Å². The number of amides is 1. The molecule has 1 aromatic heterocycles. The fraction of sp³-hybridized carbons (Fsp3) is 0.333. The Hall–Kier alpha value is -1.82. The van der Waals surface area contributed by atoms with Gasteiger partial charge in [-0.05, 0) is 38.1 Å². The zero-order valence-electron chi connectivity index (χ0n) is 12.2. The molecule has 0 spiro atoms. The van der Waals surface area contributed by atoms with Gasteiger partial charge in [0.25, 0.3) is 5.91 Å². The van der Waals surface area contributed by atoms with Crippen LogP contribution >= 0.6 is 15.9 Å². The highest BCUT2D eigenvalue weighted by Gasteiger charge is 2.20. The molecular formula is C15H17BrN2O3. The molecule has 0 bridgehead atoms. The van der Waals surface area contributed by atoms with E-state index in [0.29, 0.717) is 12.3 Å². The number of benzene rings is 1. The first-order valence-corrected chi connectivity index (χ1v) is 7.34. The van der Waals surface area contributed by atoms with E-state index in [1.165, 1.54) is 0 Å². The second-order valence-electron chi connectivity index (χ2n) is 4.84. The van der Waals surface area contributed by atoms with E-state index in [9.17, 15) is 4.79 Å². The monoisotopic (exact) mass is 352 g/mol. The van der Waals surface area contributed by atoms with Crippen molar-refractivity contribution in [3.05, 3.63) is 46.3 Å². The molecule has 0 saturated heterocycles. The van der Waals surface area contributed by atoms with Crippen molar-refractivity contribution in [1.82, 2.24) is 10.1 Å².